The van der Waals surface area contributed by atoms with Crippen molar-refractivity contribution in [2.24, 2.45) is 0 Å². The lowest BCUT2D eigenvalue weighted by Gasteiger charge is -2.23. The molecule has 0 bridgehead atoms. The number of anilines is 1. The van der Waals surface area contributed by atoms with Crippen LogP contribution in [0.1, 0.15) is 48.4 Å². The van der Waals surface area contributed by atoms with E-state index in [0.717, 1.165) is 0 Å². The van der Waals surface area contributed by atoms with Crippen LogP contribution in [0.15, 0.2) is 76.1 Å². The number of benzene rings is 3. The summed E-state index contributed by atoms with van der Waals surface area (Å²) in [7, 11) is -3.91. The number of hydrogen-bond donors (Lipinski definition) is 1. The zero-order valence-corrected chi connectivity index (χ0v) is 23.7. The molecule has 0 amide bonds. The number of carbonyl (C=O) groups is 1. The second kappa shape index (κ2) is 11.7. The van der Waals surface area contributed by atoms with Crippen molar-refractivity contribution >= 4 is 44.9 Å². The predicted octanol–water partition coefficient (Wildman–Crippen LogP) is 7.26. The minimum atomic E-state index is -3.91. The minimum absolute atomic E-state index is 0.00545. The van der Waals surface area contributed by atoms with Crippen LogP contribution in [-0.2, 0) is 16.6 Å². The molecule has 8 nitrogen and oxygen atoms in total. The van der Waals surface area contributed by atoms with Gasteiger partial charge in [-0.25, -0.2) is 13.2 Å². The van der Waals surface area contributed by atoms with Gasteiger partial charge in [0.05, 0.1) is 31.8 Å². The van der Waals surface area contributed by atoms with Gasteiger partial charge in [-0.3, -0.25) is 4.31 Å². The van der Waals surface area contributed by atoms with Crippen molar-refractivity contribution in [3.63, 3.8) is 0 Å². The lowest BCUT2D eigenvalue weighted by atomic mass is 10.0. The number of aromatic carboxylic acids is 1. The second-order valence-electron chi connectivity index (χ2n) is 8.91. The Labute approximate surface area is 236 Å². The number of sulfonamides is 1. The van der Waals surface area contributed by atoms with Crippen molar-refractivity contribution < 1.29 is 27.6 Å². The van der Waals surface area contributed by atoms with Crippen molar-refractivity contribution in [2.45, 2.75) is 38.2 Å². The molecular weight excluding hydrogens is 563 g/mol. The van der Waals surface area contributed by atoms with Gasteiger partial charge in [-0.15, -0.1) is 0 Å². The van der Waals surface area contributed by atoms with Gasteiger partial charge >= 0.3 is 5.97 Å². The third-order valence-corrected chi connectivity index (χ3v) is 8.57. The molecule has 39 heavy (non-hydrogen) atoms. The van der Waals surface area contributed by atoms with Crippen LogP contribution >= 0.6 is 23.2 Å². The molecular formula is C28H26Cl2N2O6S. The zero-order valence-electron chi connectivity index (χ0n) is 21.4. The van der Waals surface area contributed by atoms with Gasteiger partial charge in [0.25, 0.3) is 10.0 Å². The summed E-state index contributed by atoms with van der Waals surface area (Å²) in [6.45, 7) is 5.97. The topological polar surface area (TPSA) is 110 Å². The van der Waals surface area contributed by atoms with E-state index in [4.69, 9.17) is 37.6 Å². The van der Waals surface area contributed by atoms with Crippen LogP contribution in [0.5, 0.6) is 5.75 Å². The molecule has 3 aromatic carbocycles. The van der Waals surface area contributed by atoms with Gasteiger partial charge in [-0.1, -0.05) is 48.3 Å². The summed E-state index contributed by atoms with van der Waals surface area (Å²) in [4.78, 5) is 11.1. The average molecular weight is 589 g/mol. The van der Waals surface area contributed by atoms with E-state index in [1.165, 1.54) is 28.6 Å². The second-order valence-corrected chi connectivity index (χ2v) is 11.6. The summed E-state index contributed by atoms with van der Waals surface area (Å²) in [6, 6.07) is 16.9. The quantitative estimate of drug-likeness (QED) is 0.207. The number of carboxylic acids is 1. The third kappa shape index (κ3) is 5.90. The highest BCUT2D eigenvalue weighted by atomic mass is 35.5. The molecule has 0 atom stereocenters. The SMILES string of the molecule is CCN(c1ccc(OCc2c(-c3c(Cl)cccc3Cl)noc2C(C)C)cc1)S(=O)(=O)c1ccc(C(=O)O)cc1. The highest BCUT2D eigenvalue weighted by molar-refractivity contribution is 7.92. The Hall–Kier alpha value is -3.53. The van der Waals surface area contributed by atoms with E-state index in [0.29, 0.717) is 44.1 Å². The first-order chi connectivity index (χ1) is 18.5. The van der Waals surface area contributed by atoms with Gasteiger partial charge < -0.3 is 14.4 Å². The third-order valence-electron chi connectivity index (χ3n) is 6.03. The van der Waals surface area contributed by atoms with Crippen molar-refractivity contribution in [1.82, 2.24) is 5.16 Å². The summed E-state index contributed by atoms with van der Waals surface area (Å²) in [5.41, 5.74) is 2.22. The van der Waals surface area contributed by atoms with Crippen LogP contribution in [0.25, 0.3) is 11.3 Å². The number of aromatic nitrogens is 1. The highest BCUT2D eigenvalue weighted by Gasteiger charge is 2.25. The standard InChI is InChI=1S/C28H26Cl2N2O6S/c1-4-32(39(35,36)21-14-8-18(9-15-21)28(33)34)19-10-12-20(13-11-19)37-16-22-26(31-38-27(22)17(2)3)25-23(29)6-5-7-24(25)30/h5-15,17H,4,16H2,1-3H3,(H,33,34). The molecule has 0 saturated heterocycles. The Bertz CT molecular complexity index is 1560. The van der Waals surface area contributed by atoms with Crippen LogP contribution in [0.4, 0.5) is 5.69 Å². The normalized spacial score (nSPS) is 11.5. The van der Waals surface area contributed by atoms with Gasteiger partial charge in [-0.05, 0) is 67.6 Å². The van der Waals surface area contributed by atoms with Gasteiger partial charge in [0.15, 0.2) is 0 Å². The number of hydrogen-bond acceptors (Lipinski definition) is 6. The number of rotatable bonds is 10. The summed E-state index contributed by atoms with van der Waals surface area (Å²) in [5, 5.41) is 14.2. The lowest BCUT2D eigenvalue weighted by molar-refractivity contribution is 0.0696. The van der Waals surface area contributed by atoms with E-state index in [1.54, 1.807) is 49.4 Å². The van der Waals surface area contributed by atoms with Gasteiger partial charge in [0, 0.05) is 18.0 Å². The average Bonchev–Trinajstić information content (AvgIpc) is 3.32. The molecule has 0 fully saturated rings. The predicted molar refractivity (Wildman–Crippen MR) is 150 cm³/mol. The number of ether oxygens (including phenoxy) is 1. The first-order valence-corrected chi connectivity index (χ1v) is 14.3. The van der Waals surface area contributed by atoms with Crippen LogP contribution in [0.3, 0.4) is 0 Å². The molecule has 1 N–H and O–H groups in total. The van der Waals surface area contributed by atoms with Crippen LogP contribution in [-0.4, -0.2) is 31.2 Å². The number of halogens is 2. The molecule has 0 unspecified atom stereocenters. The van der Waals surface area contributed by atoms with Crippen molar-refractivity contribution in [3.05, 3.63) is 93.7 Å². The van der Waals surface area contributed by atoms with Gasteiger partial charge in [-0.2, -0.15) is 0 Å². The molecule has 0 radical (unpaired) electrons. The first kappa shape index (κ1) is 28.5. The van der Waals surface area contributed by atoms with E-state index in [1.807, 2.05) is 13.8 Å². The Morgan fingerprint density at radius 1 is 1.03 bits per heavy atom. The smallest absolute Gasteiger partial charge is 0.335 e. The Kier molecular flexibility index (Phi) is 8.54. The van der Waals surface area contributed by atoms with Gasteiger partial charge in [0.2, 0.25) is 0 Å². The molecule has 204 valence electrons. The number of nitrogens with zero attached hydrogens (tertiary/aromatic N) is 2. The van der Waals surface area contributed by atoms with E-state index in [-0.39, 0.29) is 29.5 Å². The summed E-state index contributed by atoms with van der Waals surface area (Å²) >= 11 is 12.8. The lowest BCUT2D eigenvalue weighted by Crippen LogP contribution is -2.30. The molecule has 11 heteroatoms. The van der Waals surface area contributed by atoms with Gasteiger partial charge in [0.1, 0.15) is 23.8 Å². The zero-order chi connectivity index (χ0) is 28.3. The maximum Gasteiger partial charge on any atom is 0.335 e. The number of carboxylic acid groups (broad SMARTS) is 1. The summed E-state index contributed by atoms with van der Waals surface area (Å²) in [6.07, 6.45) is 0. The maximum atomic E-state index is 13.2. The minimum Gasteiger partial charge on any atom is -0.489 e. The largest absolute Gasteiger partial charge is 0.489 e. The van der Waals surface area contributed by atoms with E-state index in [9.17, 15) is 13.2 Å². The van der Waals surface area contributed by atoms with Crippen molar-refractivity contribution in [2.75, 3.05) is 10.8 Å². The molecule has 1 heterocycles. The van der Waals surface area contributed by atoms with E-state index in [2.05, 4.69) is 5.16 Å². The molecule has 0 aliphatic carbocycles. The molecule has 4 aromatic rings. The van der Waals surface area contributed by atoms with Crippen molar-refractivity contribution in [3.8, 4) is 17.0 Å². The summed E-state index contributed by atoms with van der Waals surface area (Å²) in [5.74, 6) is 0.0527. The molecule has 1 aromatic heterocycles. The Balaban J connectivity index is 1.57. The monoisotopic (exact) mass is 588 g/mol. The van der Waals surface area contributed by atoms with E-state index < -0.39 is 16.0 Å². The molecule has 0 aliphatic heterocycles. The molecule has 0 spiro atoms. The van der Waals surface area contributed by atoms with E-state index >= 15 is 0 Å². The van der Waals surface area contributed by atoms with Crippen LogP contribution in [0.2, 0.25) is 10.0 Å². The van der Waals surface area contributed by atoms with Crippen LogP contribution < -0.4 is 9.04 Å². The van der Waals surface area contributed by atoms with Crippen LogP contribution in [0, 0.1) is 0 Å². The molecule has 4 rings (SSSR count). The van der Waals surface area contributed by atoms with Crippen molar-refractivity contribution in [1.29, 1.82) is 0 Å². The highest BCUT2D eigenvalue weighted by Crippen LogP contribution is 2.39. The molecule has 0 saturated carbocycles. The fourth-order valence-electron chi connectivity index (χ4n) is 4.09. The summed E-state index contributed by atoms with van der Waals surface area (Å²) < 4.78 is 39.4. The Morgan fingerprint density at radius 2 is 1.64 bits per heavy atom. The fourth-order valence-corrected chi connectivity index (χ4v) is 6.14. The fraction of sp³-hybridized carbons (Fsp3) is 0.214. The maximum absolute atomic E-state index is 13.2. The Morgan fingerprint density at radius 3 is 2.18 bits per heavy atom. The molecule has 0 aliphatic rings. The first-order valence-electron chi connectivity index (χ1n) is 12.1.